The van der Waals surface area contributed by atoms with Crippen LogP contribution in [-0.4, -0.2) is 48.6 Å². The van der Waals surface area contributed by atoms with E-state index in [0.29, 0.717) is 0 Å². The maximum absolute atomic E-state index is 12.2. The monoisotopic (exact) mass is 312 g/mol. The number of piperazine rings is 1. The lowest BCUT2D eigenvalue weighted by atomic mass is 10.2. The Balaban J connectivity index is 1.42. The molecule has 1 aromatic heterocycles. The molecule has 3 rings (SSSR count). The number of carbonyl (C=O) groups excluding carboxylic acids is 1. The van der Waals surface area contributed by atoms with Crippen molar-refractivity contribution in [2.24, 2.45) is 0 Å². The van der Waals surface area contributed by atoms with Crippen molar-refractivity contribution < 1.29 is 14.4 Å². The van der Waals surface area contributed by atoms with E-state index in [4.69, 9.17) is 4.74 Å². The number of carbonyl (C=O) groups is 1. The molecule has 0 saturated carbocycles. The zero-order valence-electron chi connectivity index (χ0n) is 13.1. The third-order valence-corrected chi connectivity index (χ3v) is 4.11. The third-order valence-electron chi connectivity index (χ3n) is 4.11. The predicted octanol–water partition coefficient (Wildman–Crippen LogP) is 0.388. The van der Waals surface area contributed by atoms with Crippen molar-refractivity contribution in [1.82, 2.24) is 9.88 Å². The van der Waals surface area contributed by atoms with Gasteiger partial charge in [-0.25, -0.2) is 0 Å². The van der Waals surface area contributed by atoms with E-state index in [1.165, 1.54) is 10.5 Å². The van der Waals surface area contributed by atoms with Crippen LogP contribution in [0.5, 0.6) is 5.75 Å². The zero-order chi connectivity index (χ0) is 15.9. The molecule has 2 heterocycles. The van der Waals surface area contributed by atoms with Gasteiger partial charge in [0, 0.05) is 18.0 Å². The lowest BCUT2D eigenvalue weighted by Crippen LogP contribution is -3.13. The second-order valence-electron chi connectivity index (χ2n) is 5.77. The van der Waals surface area contributed by atoms with Crippen LogP contribution in [-0.2, 0) is 11.3 Å². The van der Waals surface area contributed by atoms with Crippen LogP contribution in [0, 0.1) is 0 Å². The smallest absolute Gasteiger partial charge is 0.260 e. The standard InChI is InChI=1S/C18H21N3O2/c22-18(15-23-17-6-2-1-3-7-17)21-11-9-20(10-12-21)14-16-5-4-8-19-13-16/h1-8,13H,9-12,14-15H2/p+1. The molecule has 5 nitrogen and oxygen atoms in total. The average Bonchev–Trinajstić information content (AvgIpc) is 2.62. The molecular formula is C18H22N3O2+. The van der Waals surface area contributed by atoms with Gasteiger partial charge in [-0.05, 0) is 18.2 Å². The van der Waals surface area contributed by atoms with Crippen LogP contribution in [0.15, 0.2) is 54.9 Å². The number of ether oxygens (including phenoxy) is 1. The Labute approximate surface area is 136 Å². The molecule has 0 bridgehead atoms. The summed E-state index contributed by atoms with van der Waals surface area (Å²) in [7, 11) is 0. The number of aromatic nitrogens is 1. The van der Waals surface area contributed by atoms with E-state index in [-0.39, 0.29) is 12.5 Å². The summed E-state index contributed by atoms with van der Waals surface area (Å²) < 4.78 is 5.54. The molecule has 1 fully saturated rings. The lowest BCUT2D eigenvalue weighted by Gasteiger charge is -2.32. The van der Waals surface area contributed by atoms with Gasteiger partial charge in [-0.1, -0.05) is 24.3 Å². The fraction of sp³-hybridized carbons (Fsp3) is 0.333. The molecule has 0 atom stereocenters. The normalized spacial score (nSPS) is 15.4. The number of rotatable bonds is 5. The van der Waals surface area contributed by atoms with Crippen molar-refractivity contribution in [1.29, 1.82) is 0 Å². The number of para-hydroxylation sites is 1. The van der Waals surface area contributed by atoms with E-state index in [9.17, 15) is 4.79 Å². The fourth-order valence-corrected chi connectivity index (χ4v) is 2.79. The Hall–Kier alpha value is -2.40. The van der Waals surface area contributed by atoms with Gasteiger partial charge in [0.05, 0.1) is 26.2 Å². The number of nitrogens with one attached hydrogen (secondary N) is 1. The van der Waals surface area contributed by atoms with Crippen LogP contribution < -0.4 is 9.64 Å². The van der Waals surface area contributed by atoms with E-state index in [1.807, 2.05) is 47.5 Å². The largest absolute Gasteiger partial charge is 0.484 e. The topological polar surface area (TPSA) is 46.9 Å². The first-order valence-electron chi connectivity index (χ1n) is 7.99. The quantitative estimate of drug-likeness (QED) is 0.869. The second kappa shape index (κ2) is 7.74. The van der Waals surface area contributed by atoms with Gasteiger partial charge in [0.15, 0.2) is 6.61 Å². The summed E-state index contributed by atoms with van der Waals surface area (Å²) in [5.41, 5.74) is 1.25. The van der Waals surface area contributed by atoms with Crippen molar-refractivity contribution in [3.63, 3.8) is 0 Å². The maximum atomic E-state index is 12.2. The highest BCUT2D eigenvalue weighted by molar-refractivity contribution is 5.77. The van der Waals surface area contributed by atoms with Gasteiger partial charge in [0.2, 0.25) is 0 Å². The van der Waals surface area contributed by atoms with Gasteiger partial charge in [-0.2, -0.15) is 0 Å². The van der Waals surface area contributed by atoms with Crippen molar-refractivity contribution in [2.45, 2.75) is 6.54 Å². The Bertz CT molecular complexity index is 611. The molecule has 0 aliphatic carbocycles. The van der Waals surface area contributed by atoms with Gasteiger partial charge in [-0.3, -0.25) is 9.78 Å². The van der Waals surface area contributed by atoms with Crippen LogP contribution in [0.3, 0.4) is 0 Å². The number of quaternary nitrogens is 1. The number of nitrogens with zero attached hydrogens (tertiary/aromatic N) is 2. The van der Waals surface area contributed by atoms with Crippen LogP contribution >= 0.6 is 0 Å². The summed E-state index contributed by atoms with van der Waals surface area (Å²) in [4.78, 5) is 19.8. The summed E-state index contributed by atoms with van der Waals surface area (Å²) in [6, 6.07) is 13.5. The first-order valence-corrected chi connectivity index (χ1v) is 7.99. The molecule has 5 heteroatoms. The van der Waals surface area contributed by atoms with E-state index >= 15 is 0 Å². The number of hydrogen-bond acceptors (Lipinski definition) is 3. The molecule has 1 aliphatic rings. The van der Waals surface area contributed by atoms with Crippen molar-refractivity contribution in [3.8, 4) is 5.75 Å². The van der Waals surface area contributed by atoms with Crippen molar-refractivity contribution in [2.75, 3.05) is 32.8 Å². The first-order chi connectivity index (χ1) is 11.3. The average molecular weight is 312 g/mol. The fourth-order valence-electron chi connectivity index (χ4n) is 2.79. The summed E-state index contributed by atoms with van der Waals surface area (Å²) >= 11 is 0. The van der Waals surface area contributed by atoms with Gasteiger partial charge >= 0.3 is 0 Å². The van der Waals surface area contributed by atoms with E-state index in [0.717, 1.165) is 38.5 Å². The molecule has 1 aromatic carbocycles. The molecule has 1 N–H and O–H groups in total. The Kier molecular flexibility index (Phi) is 5.21. The molecule has 120 valence electrons. The second-order valence-corrected chi connectivity index (χ2v) is 5.77. The molecule has 23 heavy (non-hydrogen) atoms. The van der Waals surface area contributed by atoms with E-state index < -0.39 is 0 Å². The Morgan fingerprint density at radius 2 is 1.91 bits per heavy atom. The number of benzene rings is 1. The van der Waals surface area contributed by atoms with Gasteiger partial charge < -0.3 is 14.5 Å². The zero-order valence-corrected chi connectivity index (χ0v) is 13.1. The highest BCUT2D eigenvalue weighted by Crippen LogP contribution is 2.08. The van der Waals surface area contributed by atoms with Crippen LogP contribution in [0.1, 0.15) is 5.56 Å². The number of pyridine rings is 1. The lowest BCUT2D eigenvalue weighted by molar-refractivity contribution is -0.917. The van der Waals surface area contributed by atoms with Crippen LogP contribution in [0.25, 0.3) is 0 Å². The molecule has 1 aliphatic heterocycles. The van der Waals surface area contributed by atoms with E-state index in [1.54, 1.807) is 6.20 Å². The SMILES string of the molecule is O=C(COc1ccccc1)N1CC[NH+](Cc2cccnc2)CC1. The summed E-state index contributed by atoms with van der Waals surface area (Å²) in [6.45, 7) is 4.58. The molecule has 2 aromatic rings. The predicted molar refractivity (Wildman–Crippen MR) is 87.2 cm³/mol. The van der Waals surface area contributed by atoms with E-state index in [2.05, 4.69) is 11.1 Å². The summed E-state index contributed by atoms with van der Waals surface area (Å²) in [5, 5.41) is 0. The Morgan fingerprint density at radius 1 is 1.13 bits per heavy atom. The summed E-state index contributed by atoms with van der Waals surface area (Å²) in [6.07, 6.45) is 3.71. The highest BCUT2D eigenvalue weighted by Gasteiger charge is 2.23. The summed E-state index contributed by atoms with van der Waals surface area (Å²) in [5.74, 6) is 0.802. The number of hydrogen-bond donors (Lipinski definition) is 1. The Morgan fingerprint density at radius 3 is 2.61 bits per heavy atom. The minimum atomic E-state index is 0.0641. The molecule has 1 saturated heterocycles. The highest BCUT2D eigenvalue weighted by atomic mass is 16.5. The molecule has 1 amide bonds. The van der Waals surface area contributed by atoms with Gasteiger partial charge in [0.25, 0.3) is 5.91 Å². The van der Waals surface area contributed by atoms with Crippen LogP contribution in [0.2, 0.25) is 0 Å². The molecular weight excluding hydrogens is 290 g/mol. The van der Waals surface area contributed by atoms with Gasteiger partial charge in [-0.15, -0.1) is 0 Å². The number of amides is 1. The van der Waals surface area contributed by atoms with Gasteiger partial charge in [0.1, 0.15) is 12.3 Å². The van der Waals surface area contributed by atoms with Crippen molar-refractivity contribution >= 4 is 5.91 Å². The third kappa shape index (κ3) is 4.53. The van der Waals surface area contributed by atoms with Crippen molar-refractivity contribution in [3.05, 3.63) is 60.4 Å². The maximum Gasteiger partial charge on any atom is 0.260 e. The first kappa shape index (κ1) is 15.5. The molecule has 0 radical (unpaired) electrons. The molecule has 0 spiro atoms. The minimum Gasteiger partial charge on any atom is -0.484 e. The van der Waals surface area contributed by atoms with Crippen LogP contribution in [0.4, 0.5) is 0 Å². The minimum absolute atomic E-state index is 0.0641. The molecule has 0 unspecified atom stereocenters.